The van der Waals surface area contributed by atoms with Gasteiger partial charge in [0, 0.05) is 17.8 Å². The Bertz CT molecular complexity index is 1260. The minimum atomic E-state index is -4.40. The van der Waals surface area contributed by atoms with Crippen molar-refractivity contribution in [2.45, 2.75) is 52.4 Å². The van der Waals surface area contributed by atoms with Crippen molar-refractivity contribution in [2.24, 2.45) is 0 Å². The summed E-state index contributed by atoms with van der Waals surface area (Å²) in [4.78, 5) is 29.1. The Hall–Kier alpha value is -3.88. The van der Waals surface area contributed by atoms with Gasteiger partial charge in [0.05, 0.1) is 24.3 Å². The molecule has 0 saturated carbocycles. The van der Waals surface area contributed by atoms with Crippen LogP contribution in [0.3, 0.4) is 0 Å². The molecule has 3 rings (SSSR count). The number of rotatable bonds is 9. The highest BCUT2D eigenvalue weighted by Gasteiger charge is 2.32. The number of carbonyl (C=O) groups is 2. The number of aryl methyl sites for hydroxylation is 1. The summed E-state index contributed by atoms with van der Waals surface area (Å²) in [5.74, 6) is -0.212. The number of carbonyl (C=O) groups excluding carboxylic acids is 2. The van der Waals surface area contributed by atoms with Crippen LogP contribution in [0.1, 0.15) is 43.2 Å². The molecule has 0 aliphatic heterocycles. The van der Waals surface area contributed by atoms with E-state index in [1.165, 1.54) is 12.1 Å². The maximum Gasteiger partial charge on any atom is 0.416 e. The number of benzene rings is 2. The van der Waals surface area contributed by atoms with Gasteiger partial charge in [-0.05, 0) is 69.2 Å². The fourth-order valence-corrected chi connectivity index (χ4v) is 3.56. The quantitative estimate of drug-likeness (QED) is 0.373. The van der Waals surface area contributed by atoms with Gasteiger partial charge in [-0.15, -0.1) is 0 Å². The van der Waals surface area contributed by atoms with E-state index in [2.05, 4.69) is 10.3 Å². The van der Waals surface area contributed by atoms with Gasteiger partial charge in [0.15, 0.2) is 5.60 Å². The number of nitrogens with zero attached hydrogens (tertiary/aromatic N) is 1. The SMILES string of the molecule is CCOC(=O)C(C)(C)Oc1cccc(CNC(=O)Cc2ccc(-c3ccc(C(F)(F)F)cc3)nc2C)c1. The molecule has 9 heteroatoms. The second kappa shape index (κ2) is 11.5. The van der Waals surface area contributed by atoms with E-state index in [-0.39, 0.29) is 25.5 Å². The maximum absolute atomic E-state index is 12.8. The van der Waals surface area contributed by atoms with E-state index in [1.54, 1.807) is 58.0 Å². The topological polar surface area (TPSA) is 77.5 Å². The van der Waals surface area contributed by atoms with Crippen LogP contribution in [0.15, 0.2) is 60.7 Å². The minimum absolute atomic E-state index is 0.0954. The molecule has 0 unspecified atom stereocenters. The van der Waals surface area contributed by atoms with Crippen molar-refractivity contribution in [3.05, 3.63) is 83.0 Å². The van der Waals surface area contributed by atoms with Gasteiger partial charge in [-0.1, -0.05) is 30.3 Å². The molecule has 0 aliphatic rings. The molecule has 37 heavy (non-hydrogen) atoms. The third-order valence-corrected chi connectivity index (χ3v) is 5.58. The number of aromatic nitrogens is 1. The number of nitrogens with one attached hydrogen (secondary N) is 1. The Kier molecular flexibility index (Phi) is 8.57. The molecular formula is C28H29F3N2O4. The normalized spacial score (nSPS) is 11.6. The molecule has 6 nitrogen and oxygen atoms in total. The van der Waals surface area contributed by atoms with Crippen molar-refractivity contribution >= 4 is 11.9 Å². The molecular weight excluding hydrogens is 485 g/mol. The van der Waals surface area contributed by atoms with Crippen LogP contribution in [-0.2, 0) is 33.5 Å². The lowest BCUT2D eigenvalue weighted by atomic mass is 10.0. The maximum atomic E-state index is 12.8. The molecule has 0 fully saturated rings. The number of amides is 1. The first kappa shape index (κ1) is 27.7. The first-order valence-corrected chi connectivity index (χ1v) is 11.7. The van der Waals surface area contributed by atoms with Crippen LogP contribution < -0.4 is 10.1 Å². The summed E-state index contributed by atoms with van der Waals surface area (Å²) in [5, 5.41) is 2.85. The van der Waals surface area contributed by atoms with Crippen LogP contribution in [0.25, 0.3) is 11.3 Å². The van der Waals surface area contributed by atoms with Crippen LogP contribution in [0.4, 0.5) is 13.2 Å². The highest BCUT2D eigenvalue weighted by atomic mass is 19.4. The zero-order valence-electron chi connectivity index (χ0n) is 21.1. The first-order chi connectivity index (χ1) is 17.4. The number of halogens is 3. The Morgan fingerprint density at radius 1 is 1.00 bits per heavy atom. The second-order valence-electron chi connectivity index (χ2n) is 8.95. The van der Waals surface area contributed by atoms with E-state index < -0.39 is 23.3 Å². The monoisotopic (exact) mass is 514 g/mol. The van der Waals surface area contributed by atoms with Gasteiger partial charge in [0.1, 0.15) is 5.75 Å². The molecule has 0 bridgehead atoms. The number of esters is 1. The van der Waals surface area contributed by atoms with Crippen molar-refractivity contribution < 1.29 is 32.2 Å². The van der Waals surface area contributed by atoms with Crippen LogP contribution in [0.5, 0.6) is 5.75 Å². The van der Waals surface area contributed by atoms with Gasteiger partial charge in [-0.25, -0.2) is 4.79 Å². The average Bonchev–Trinajstić information content (AvgIpc) is 2.84. The summed E-state index contributed by atoms with van der Waals surface area (Å²) >= 11 is 0. The lowest BCUT2D eigenvalue weighted by molar-refractivity contribution is -0.158. The van der Waals surface area contributed by atoms with Gasteiger partial charge in [0.25, 0.3) is 0 Å². The second-order valence-corrected chi connectivity index (χ2v) is 8.95. The van der Waals surface area contributed by atoms with Gasteiger partial charge in [-0.3, -0.25) is 9.78 Å². The molecule has 0 spiro atoms. The lowest BCUT2D eigenvalue weighted by Gasteiger charge is -2.24. The molecule has 3 aromatic rings. The standard InChI is InChI=1S/C28H29F3N2O4/c1-5-36-26(35)27(3,4)37-23-8-6-7-19(15-23)17-32-25(34)16-21-11-14-24(33-18(21)2)20-9-12-22(13-10-20)28(29,30)31/h6-15H,5,16-17H2,1-4H3,(H,32,34). The smallest absolute Gasteiger partial charge is 0.416 e. The summed E-state index contributed by atoms with van der Waals surface area (Å²) in [6.45, 7) is 7.23. The molecule has 0 radical (unpaired) electrons. The fourth-order valence-electron chi connectivity index (χ4n) is 3.56. The zero-order valence-corrected chi connectivity index (χ0v) is 21.1. The summed E-state index contributed by atoms with van der Waals surface area (Å²) in [5.41, 5.74) is 1.32. The van der Waals surface area contributed by atoms with Crippen LogP contribution in [-0.4, -0.2) is 29.1 Å². The fraction of sp³-hybridized carbons (Fsp3) is 0.321. The molecule has 196 valence electrons. The van der Waals surface area contributed by atoms with Gasteiger partial charge in [-0.2, -0.15) is 13.2 Å². The molecule has 1 amide bonds. The largest absolute Gasteiger partial charge is 0.476 e. The van der Waals surface area contributed by atoms with Crippen molar-refractivity contribution in [1.82, 2.24) is 10.3 Å². The number of pyridine rings is 1. The van der Waals surface area contributed by atoms with Crippen molar-refractivity contribution in [1.29, 1.82) is 0 Å². The third-order valence-electron chi connectivity index (χ3n) is 5.58. The minimum Gasteiger partial charge on any atom is -0.476 e. The number of hydrogen-bond donors (Lipinski definition) is 1. The molecule has 2 aromatic carbocycles. The van der Waals surface area contributed by atoms with Crippen molar-refractivity contribution in [3.8, 4) is 17.0 Å². The van der Waals surface area contributed by atoms with Crippen molar-refractivity contribution in [3.63, 3.8) is 0 Å². The van der Waals surface area contributed by atoms with Gasteiger partial charge >= 0.3 is 12.1 Å². The van der Waals surface area contributed by atoms with Crippen LogP contribution in [0, 0.1) is 6.92 Å². The molecule has 0 atom stereocenters. The van der Waals surface area contributed by atoms with E-state index in [0.717, 1.165) is 17.7 Å². The predicted molar refractivity (Wildman–Crippen MR) is 133 cm³/mol. The number of hydrogen-bond acceptors (Lipinski definition) is 5. The van der Waals surface area contributed by atoms with Crippen LogP contribution >= 0.6 is 0 Å². The molecule has 0 saturated heterocycles. The highest BCUT2D eigenvalue weighted by Crippen LogP contribution is 2.31. The number of ether oxygens (including phenoxy) is 2. The van der Waals surface area contributed by atoms with Crippen molar-refractivity contribution in [2.75, 3.05) is 6.61 Å². The summed E-state index contributed by atoms with van der Waals surface area (Å²) in [6.07, 6.45) is -4.30. The van der Waals surface area contributed by atoms with E-state index in [0.29, 0.717) is 28.3 Å². The van der Waals surface area contributed by atoms with E-state index >= 15 is 0 Å². The van der Waals surface area contributed by atoms with Crippen LogP contribution in [0.2, 0.25) is 0 Å². The third kappa shape index (κ3) is 7.55. The molecule has 1 aromatic heterocycles. The summed E-state index contributed by atoms with van der Waals surface area (Å²) in [6, 6.07) is 15.3. The van der Waals surface area contributed by atoms with E-state index in [9.17, 15) is 22.8 Å². The molecule has 0 aliphatic carbocycles. The van der Waals surface area contributed by atoms with E-state index in [4.69, 9.17) is 9.47 Å². The number of alkyl halides is 3. The van der Waals surface area contributed by atoms with Gasteiger partial charge < -0.3 is 14.8 Å². The Morgan fingerprint density at radius 2 is 1.70 bits per heavy atom. The highest BCUT2D eigenvalue weighted by molar-refractivity contribution is 5.79. The Labute approximate surface area is 213 Å². The summed E-state index contributed by atoms with van der Waals surface area (Å²) in [7, 11) is 0. The molecule has 1 heterocycles. The Balaban J connectivity index is 1.59. The predicted octanol–water partition coefficient (Wildman–Crippen LogP) is 5.66. The summed E-state index contributed by atoms with van der Waals surface area (Å²) < 4.78 is 49.2. The first-order valence-electron chi connectivity index (χ1n) is 11.7. The average molecular weight is 515 g/mol. The lowest BCUT2D eigenvalue weighted by Crippen LogP contribution is -2.39. The Morgan fingerprint density at radius 3 is 2.32 bits per heavy atom. The van der Waals surface area contributed by atoms with Gasteiger partial charge in [0.2, 0.25) is 5.91 Å². The zero-order chi connectivity index (χ0) is 27.2. The van der Waals surface area contributed by atoms with E-state index in [1.807, 2.05) is 6.07 Å². The molecule has 1 N–H and O–H groups in total.